The van der Waals surface area contributed by atoms with Crippen LogP contribution in [0.4, 0.5) is 11.4 Å². The Morgan fingerprint density at radius 2 is 1.71 bits per heavy atom. The number of amides is 1. The number of pyridine rings is 1. The van der Waals surface area contributed by atoms with E-state index in [1.54, 1.807) is 30.6 Å². The molecule has 0 radical (unpaired) electrons. The molecule has 0 saturated carbocycles. The first-order valence-corrected chi connectivity index (χ1v) is 10.4. The van der Waals surface area contributed by atoms with Gasteiger partial charge in [-0.1, -0.05) is 30.3 Å². The van der Waals surface area contributed by atoms with Crippen LogP contribution in [0.2, 0.25) is 0 Å². The third kappa shape index (κ3) is 5.28. The number of nitrogens with one attached hydrogen (secondary N) is 1. The lowest BCUT2D eigenvalue weighted by Crippen LogP contribution is -2.39. The first-order valence-electron chi connectivity index (χ1n) is 8.93. The second-order valence-corrected chi connectivity index (χ2v) is 8.01. The summed E-state index contributed by atoms with van der Waals surface area (Å²) in [5, 5.41) is 15.3. The van der Waals surface area contributed by atoms with Crippen molar-refractivity contribution in [1.29, 1.82) is 0 Å². The van der Waals surface area contributed by atoms with Gasteiger partial charge in [0.2, 0.25) is 0 Å². The minimum atomic E-state index is -4.27. The van der Waals surface area contributed by atoms with E-state index in [1.165, 1.54) is 54.7 Å². The molecule has 10 nitrogen and oxygen atoms in total. The van der Waals surface area contributed by atoms with Crippen molar-refractivity contribution in [3.63, 3.8) is 0 Å². The maximum absolute atomic E-state index is 13.2. The van der Waals surface area contributed by atoms with Crippen LogP contribution in [0.3, 0.4) is 0 Å². The summed E-state index contributed by atoms with van der Waals surface area (Å²) in [4.78, 5) is 27.0. The molecular formula is C20H17N5O5S. The number of aromatic nitrogens is 1. The van der Waals surface area contributed by atoms with E-state index in [9.17, 15) is 23.3 Å². The van der Waals surface area contributed by atoms with Gasteiger partial charge in [-0.25, -0.2) is 18.1 Å². The fourth-order valence-electron chi connectivity index (χ4n) is 2.64. The van der Waals surface area contributed by atoms with Gasteiger partial charge in [0.25, 0.3) is 21.6 Å². The summed E-state index contributed by atoms with van der Waals surface area (Å²) in [7, 11) is -4.27. The molecule has 2 aromatic carbocycles. The van der Waals surface area contributed by atoms with Gasteiger partial charge < -0.3 is 0 Å². The van der Waals surface area contributed by atoms with Gasteiger partial charge in [0.05, 0.1) is 16.0 Å². The lowest BCUT2D eigenvalue weighted by atomic mass is 10.2. The Bertz CT molecular complexity index is 1200. The van der Waals surface area contributed by atoms with E-state index >= 15 is 0 Å². The smallest absolute Gasteiger partial charge is 0.271 e. The van der Waals surface area contributed by atoms with Crippen molar-refractivity contribution < 1.29 is 18.1 Å². The number of carbonyl (C=O) groups is 1. The Morgan fingerprint density at radius 1 is 1.06 bits per heavy atom. The van der Waals surface area contributed by atoms with Crippen molar-refractivity contribution in [2.75, 3.05) is 10.8 Å². The van der Waals surface area contributed by atoms with Gasteiger partial charge in [0, 0.05) is 18.5 Å². The highest BCUT2D eigenvalue weighted by Crippen LogP contribution is 2.31. The zero-order chi connectivity index (χ0) is 22.3. The third-order valence-corrected chi connectivity index (χ3v) is 5.85. The fourth-order valence-corrected chi connectivity index (χ4v) is 4.10. The Hall–Kier alpha value is -4.12. The summed E-state index contributed by atoms with van der Waals surface area (Å²) in [6.45, 7) is -0.713. The zero-order valence-corrected chi connectivity index (χ0v) is 16.8. The van der Waals surface area contributed by atoms with E-state index in [2.05, 4.69) is 15.5 Å². The SMILES string of the molecule is O=C(CN(c1ccccc1[N+](=O)[O-])S(=O)(=O)c1ccccc1)N/N=C\c1ccncc1. The molecule has 1 N–H and O–H groups in total. The third-order valence-electron chi connectivity index (χ3n) is 4.07. The average Bonchev–Trinajstić information content (AvgIpc) is 2.78. The number of nitro groups is 1. The number of para-hydroxylation sites is 2. The first kappa shape index (κ1) is 21.6. The number of benzene rings is 2. The number of carbonyl (C=O) groups excluding carboxylic acids is 1. The highest BCUT2D eigenvalue weighted by atomic mass is 32.2. The van der Waals surface area contributed by atoms with E-state index in [0.29, 0.717) is 9.87 Å². The standard InChI is InChI=1S/C20H17N5O5S/c26-20(23-22-14-16-10-12-21-13-11-16)15-24(18-8-4-5-9-19(18)25(27)28)31(29,30)17-6-2-1-3-7-17/h1-14H,15H2,(H,23,26)/b22-14-. The van der Waals surface area contributed by atoms with Gasteiger partial charge in [-0.05, 0) is 35.9 Å². The molecule has 0 atom stereocenters. The molecule has 0 fully saturated rings. The van der Waals surface area contributed by atoms with Gasteiger partial charge in [-0.15, -0.1) is 0 Å². The molecule has 1 heterocycles. The second kappa shape index (κ2) is 9.59. The van der Waals surface area contributed by atoms with Crippen molar-refractivity contribution in [3.8, 4) is 0 Å². The minimum Gasteiger partial charge on any atom is -0.271 e. The van der Waals surface area contributed by atoms with Crippen LogP contribution in [0.5, 0.6) is 0 Å². The van der Waals surface area contributed by atoms with E-state index in [0.717, 1.165) is 0 Å². The molecule has 0 unspecified atom stereocenters. The molecule has 0 aliphatic carbocycles. The normalized spacial score (nSPS) is 11.2. The lowest BCUT2D eigenvalue weighted by Gasteiger charge is -2.23. The van der Waals surface area contributed by atoms with E-state index in [1.807, 2.05) is 0 Å². The largest absolute Gasteiger partial charge is 0.293 e. The molecule has 1 amide bonds. The number of hydrogen-bond donors (Lipinski definition) is 1. The van der Waals surface area contributed by atoms with E-state index in [4.69, 9.17) is 0 Å². The summed E-state index contributed by atoms with van der Waals surface area (Å²) in [6.07, 6.45) is 4.46. The molecule has 0 spiro atoms. The maximum atomic E-state index is 13.2. The number of nitrogens with zero attached hydrogens (tertiary/aromatic N) is 4. The van der Waals surface area contributed by atoms with Crippen LogP contribution in [0, 0.1) is 10.1 Å². The minimum absolute atomic E-state index is 0.110. The van der Waals surface area contributed by atoms with Gasteiger partial charge >= 0.3 is 0 Å². The average molecular weight is 439 g/mol. The van der Waals surface area contributed by atoms with Crippen LogP contribution in [0.1, 0.15) is 5.56 Å². The number of anilines is 1. The predicted octanol–water partition coefficient (Wildman–Crippen LogP) is 2.34. The molecule has 1 aromatic heterocycles. The molecule has 158 valence electrons. The van der Waals surface area contributed by atoms with Crippen LogP contribution in [-0.2, 0) is 14.8 Å². The van der Waals surface area contributed by atoms with Crippen LogP contribution in [-0.4, -0.2) is 37.0 Å². The number of hydrazone groups is 1. The number of rotatable bonds is 8. The molecule has 3 aromatic rings. The summed E-state index contributed by atoms with van der Waals surface area (Å²) in [5.41, 5.74) is 2.23. The summed E-state index contributed by atoms with van der Waals surface area (Å²) in [5.74, 6) is -0.775. The molecule has 0 aliphatic heterocycles. The lowest BCUT2D eigenvalue weighted by molar-refractivity contribution is -0.384. The van der Waals surface area contributed by atoms with Crippen molar-refractivity contribution in [2.45, 2.75) is 4.90 Å². The number of sulfonamides is 1. The molecule has 0 bridgehead atoms. The van der Waals surface area contributed by atoms with Crippen LogP contribution in [0.25, 0.3) is 0 Å². The highest BCUT2D eigenvalue weighted by molar-refractivity contribution is 7.92. The van der Waals surface area contributed by atoms with Crippen LogP contribution in [0.15, 0.2) is 89.1 Å². The predicted molar refractivity (Wildman–Crippen MR) is 114 cm³/mol. The number of nitro benzene ring substituents is 1. The van der Waals surface area contributed by atoms with Crippen LogP contribution >= 0.6 is 0 Å². The zero-order valence-electron chi connectivity index (χ0n) is 16.0. The number of hydrogen-bond acceptors (Lipinski definition) is 7. The fraction of sp³-hybridized carbons (Fsp3) is 0.0500. The van der Waals surface area contributed by atoms with Gasteiger partial charge in [0.15, 0.2) is 0 Å². The topological polar surface area (TPSA) is 135 Å². The van der Waals surface area contributed by atoms with E-state index < -0.39 is 33.1 Å². The Labute approximate surface area is 178 Å². The molecular weight excluding hydrogens is 422 g/mol. The second-order valence-electron chi connectivity index (χ2n) is 6.14. The summed E-state index contributed by atoms with van der Waals surface area (Å²) < 4.78 is 27.1. The van der Waals surface area contributed by atoms with Crippen LogP contribution < -0.4 is 9.73 Å². The maximum Gasteiger partial charge on any atom is 0.293 e. The van der Waals surface area contributed by atoms with Crippen molar-refractivity contribution in [3.05, 3.63) is 94.8 Å². The van der Waals surface area contributed by atoms with Gasteiger partial charge in [0.1, 0.15) is 12.2 Å². The molecule has 3 rings (SSSR count). The van der Waals surface area contributed by atoms with Crippen molar-refractivity contribution >= 4 is 33.5 Å². The Morgan fingerprint density at radius 3 is 2.39 bits per heavy atom. The van der Waals surface area contributed by atoms with E-state index in [-0.39, 0.29) is 10.6 Å². The molecule has 31 heavy (non-hydrogen) atoms. The molecule has 0 saturated heterocycles. The van der Waals surface area contributed by atoms with Crippen molar-refractivity contribution in [1.82, 2.24) is 10.4 Å². The van der Waals surface area contributed by atoms with Crippen molar-refractivity contribution in [2.24, 2.45) is 5.10 Å². The highest BCUT2D eigenvalue weighted by Gasteiger charge is 2.31. The Balaban J connectivity index is 1.92. The summed E-state index contributed by atoms with van der Waals surface area (Å²) in [6, 6.07) is 16.0. The molecule has 0 aliphatic rings. The summed E-state index contributed by atoms with van der Waals surface area (Å²) >= 11 is 0. The Kier molecular flexibility index (Phi) is 6.67. The monoisotopic (exact) mass is 439 g/mol. The van der Waals surface area contributed by atoms with Gasteiger partial charge in [-0.2, -0.15) is 5.10 Å². The molecule has 11 heteroatoms. The quantitative estimate of drug-likeness (QED) is 0.325. The van der Waals surface area contributed by atoms with Gasteiger partial charge in [-0.3, -0.25) is 19.9 Å². The first-order chi connectivity index (χ1) is 14.9.